The summed E-state index contributed by atoms with van der Waals surface area (Å²) >= 11 is 0. The minimum atomic E-state index is -0.233. The van der Waals surface area contributed by atoms with Crippen molar-refractivity contribution in [2.24, 2.45) is 0 Å². The number of aromatic nitrogens is 4. The maximum absolute atomic E-state index is 12.9. The number of nitrogens with zero attached hydrogens (tertiary/aromatic N) is 4. The fourth-order valence-corrected chi connectivity index (χ4v) is 2.72. The highest BCUT2D eigenvalue weighted by Crippen LogP contribution is 2.25. The van der Waals surface area contributed by atoms with Crippen LogP contribution in [0.15, 0.2) is 41.7 Å². The molecule has 2 N–H and O–H groups in total. The molecule has 0 saturated heterocycles. The Kier molecular flexibility index (Phi) is 4.88. The summed E-state index contributed by atoms with van der Waals surface area (Å²) in [7, 11) is 0. The zero-order valence-electron chi connectivity index (χ0n) is 15.6. The van der Waals surface area contributed by atoms with Gasteiger partial charge >= 0.3 is 0 Å². The minimum Gasteiger partial charge on any atom is -0.365 e. The number of hydrogen-bond donors (Lipinski definition) is 2. The normalized spacial score (nSPS) is 11.5. The molecule has 3 aromatic heterocycles. The second kappa shape index (κ2) is 7.11. The van der Waals surface area contributed by atoms with Gasteiger partial charge in [-0.25, -0.2) is 9.97 Å². The quantitative estimate of drug-likeness (QED) is 0.730. The summed E-state index contributed by atoms with van der Waals surface area (Å²) in [6.07, 6.45) is 7.58. The van der Waals surface area contributed by atoms with Crippen molar-refractivity contribution in [3.63, 3.8) is 0 Å². The molecule has 0 aliphatic rings. The van der Waals surface area contributed by atoms with Crippen molar-refractivity contribution >= 4 is 28.2 Å². The van der Waals surface area contributed by atoms with E-state index >= 15 is 0 Å². The van der Waals surface area contributed by atoms with Gasteiger partial charge in [0.05, 0.1) is 11.6 Å². The van der Waals surface area contributed by atoms with Gasteiger partial charge in [0.15, 0.2) is 0 Å². The summed E-state index contributed by atoms with van der Waals surface area (Å²) in [5.41, 5.74) is -0.266. The van der Waals surface area contributed by atoms with Crippen LogP contribution in [0.1, 0.15) is 34.1 Å². The highest BCUT2D eigenvalue weighted by atomic mass is 16.1. The van der Waals surface area contributed by atoms with Crippen LogP contribution in [0.4, 0.5) is 17.5 Å². The van der Waals surface area contributed by atoms with E-state index in [-0.39, 0.29) is 11.1 Å². The van der Waals surface area contributed by atoms with Gasteiger partial charge in [0.1, 0.15) is 17.5 Å². The van der Waals surface area contributed by atoms with Gasteiger partial charge in [0.2, 0.25) is 0 Å². The van der Waals surface area contributed by atoms with Crippen molar-refractivity contribution in [1.29, 1.82) is 0 Å². The van der Waals surface area contributed by atoms with Crippen LogP contribution in [0.2, 0.25) is 0 Å². The first-order valence-corrected chi connectivity index (χ1v) is 8.73. The minimum absolute atomic E-state index is 0.0327. The van der Waals surface area contributed by atoms with E-state index in [1.165, 1.54) is 0 Å². The van der Waals surface area contributed by atoms with Gasteiger partial charge in [-0.1, -0.05) is 6.92 Å². The van der Waals surface area contributed by atoms with E-state index in [2.05, 4.69) is 32.5 Å². The second-order valence-corrected chi connectivity index (χ2v) is 7.23. The topological polar surface area (TPSA) is 84.7 Å². The average molecular weight is 352 g/mol. The molecule has 0 fully saturated rings. The zero-order chi connectivity index (χ0) is 18.7. The first kappa shape index (κ1) is 17.8. The van der Waals surface area contributed by atoms with Crippen LogP contribution in [0, 0.1) is 0 Å². The lowest BCUT2D eigenvalue weighted by atomic mass is 10.1. The standard InChI is InChI=1S/C19H24N6O/c1-5-9-25-10-6-13-11-14(22-15-12-20-7-8-21-15)23-17(16(13)18(25)26)24-19(2,3)4/h6-8,10-12H,5,9H2,1-4H3,(H2,21,22,23,24). The van der Waals surface area contributed by atoms with Crippen molar-refractivity contribution in [3.8, 4) is 0 Å². The van der Waals surface area contributed by atoms with Crippen molar-refractivity contribution in [2.45, 2.75) is 46.2 Å². The lowest BCUT2D eigenvalue weighted by Gasteiger charge is -2.23. The summed E-state index contributed by atoms with van der Waals surface area (Å²) in [6, 6.07) is 3.80. The Morgan fingerprint density at radius 3 is 2.65 bits per heavy atom. The number of hydrogen-bond acceptors (Lipinski definition) is 6. The maximum Gasteiger partial charge on any atom is 0.262 e. The van der Waals surface area contributed by atoms with Crippen molar-refractivity contribution in [1.82, 2.24) is 19.5 Å². The van der Waals surface area contributed by atoms with E-state index in [0.717, 1.165) is 11.8 Å². The summed E-state index contributed by atoms with van der Waals surface area (Å²) in [5.74, 6) is 1.77. The van der Waals surface area contributed by atoms with E-state index in [1.807, 2.05) is 39.1 Å². The Morgan fingerprint density at radius 2 is 2.00 bits per heavy atom. The van der Waals surface area contributed by atoms with Crippen LogP contribution < -0.4 is 16.2 Å². The molecule has 0 unspecified atom stereocenters. The second-order valence-electron chi connectivity index (χ2n) is 7.23. The smallest absolute Gasteiger partial charge is 0.262 e. The van der Waals surface area contributed by atoms with Crippen molar-refractivity contribution in [3.05, 3.63) is 47.3 Å². The Balaban J connectivity index is 2.15. The van der Waals surface area contributed by atoms with Crippen molar-refractivity contribution < 1.29 is 0 Å². The highest BCUT2D eigenvalue weighted by Gasteiger charge is 2.17. The molecule has 0 bridgehead atoms. The van der Waals surface area contributed by atoms with Gasteiger partial charge in [-0.15, -0.1) is 0 Å². The number of nitrogens with one attached hydrogen (secondary N) is 2. The van der Waals surface area contributed by atoms with Crippen LogP contribution in [-0.2, 0) is 6.54 Å². The molecule has 3 aromatic rings. The average Bonchev–Trinajstić information content (AvgIpc) is 2.57. The van der Waals surface area contributed by atoms with Crippen LogP contribution in [-0.4, -0.2) is 25.1 Å². The van der Waals surface area contributed by atoms with E-state index in [1.54, 1.807) is 23.2 Å². The molecule has 26 heavy (non-hydrogen) atoms. The SMILES string of the molecule is CCCn1ccc2cc(Nc3cnccn3)nc(NC(C)(C)C)c2c1=O. The molecule has 0 aromatic carbocycles. The lowest BCUT2D eigenvalue weighted by Crippen LogP contribution is -2.29. The first-order chi connectivity index (χ1) is 12.4. The third kappa shape index (κ3) is 3.99. The molecule has 7 heteroatoms. The molecule has 0 amide bonds. The van der Waals surface area contributed by atoms with E-state index in [0.29, 0.717) is 29.4 Å². The van der Waals surface area contributed by atoms with Crippen LogP contribution in [0.25, 0.3) is 10.8 Å². The van der Waals surface area contributed by atoms with Gasteiger partial charge in [0.25, 0.3) is 5.56 Å². The number of aryl methyl sites for hydroxylation is 1. The number of anilines is 3. The summed E-state index contributed by atoms with van der Waals surface area (Å²) in [6.45, 7) is 8.85. The molecule has 136 valence electrons. The molecule has 0 radical (unpaired) electrons. The molecule has 0 atom stereocenters. The van der Waals surface area contributed by atoms with Crippen LogP contribution in [0.3, 0.4) is 0 Å². The third-order valence-corrected chi connectivity index (χ3v) is 3.74. The monoisotopic (exact) mass is 352 g/mol. The molecule has 3 rings (SSSR count). The Hall–Kier alpha value is -2.96. The molecule has 0 aliphatic carbocycles. The molecular weight excluding hydrogens is 328 g/mol. The predicted octanol–water partition coefficient (Wildman–Crippen LogP) is 3.55. The zero-order valence-corrected chi connectivity index (χ0v) is 15.6. The lowest BCUT2D eigenvalue weighted by molar-refractivity contribution is 0.630. The summed E-state index contributed by atoms with van der Waals surface area (Å²) in [5, 5.41) is 7.93. The van der Waals surface area contributed by atoms with Crippen LogP contribution >= 0.6 is 0 Å². The molecule has 0 spiro atoms. The molecular formula is C19H24N6O. The van der Waals surface area contributed by atoms with Gasteiger partial charge in [-0.3, -0.25) is 9.78 Å². The van der Waals surface area contributed by atoms with Crippen molar-refractivity contribution in [2.75, 3.05) is 10.6 Å². The van der Waals surface area contributed by atoms with Gasteiger partial charge in [-0.05, 0) is 44.7 Å². The first-order valence-electron chi connectivity index (χ1n) is 8.73. The predicted molar refractivity (Wildman–Crippen MR) is 105 cm³/mol. The Labute approximate surface area is 152 Å². The molecule has 7 nitrogen and oxygen atoms in total. The van der Waals surface area contributed by atoms with E-state index in [9.17, 15) is 4.79 Å². The highest BCUT2D eigenvalue weighted by molar-refractivity contribution is 5.93. The third-order valence-electron chi connectivity index (χ3n) is 3.74. The molecule has 3 heterocycles. The Morgan fingerprint density at radius 1 is 1.19 bits per heavy atom. The van der Waals surface area contributed by atoms with Gasteiger partial charge < -0.3 is 15.2 Å². The number of rotatable bonds is 5. The Bertz CT molecular complexity index is 959. The fraction of sp³-hybridized carbons (Fsp3) is 0.368. The number of pyridine rings is 2. The van der Waals surface area contributed by atoms with E-state index in [4.69, 9.17) is 0 Å². The summed E-state index contributed by atoms with van der Waals surface area (Å²) in [4.78, 5) is 25.8. The largest absolute Gasteiger partial charge is 0.365 e. The van der Waals surface area contributed by atoms with Gasteiger partial charge in [0, 0.05) is 30.7 Å². The summed E-state index contributed by atoms with van der Waals surface area (Å²) < 4.78 is 1.73. The molecule has 0 saturated carbocycles. The van der Waals surface area contributed by atoms with E-state index < -0.39 is 0 Å². The maximum atomic E-state index is 12.9. The number of fused-ring (bicyclic) bond motifs is 1. The molecule has 0 aliphatic heterocycles. The van der Waals surface area contributed by atoms with Gasteiger partial charge in [-0.2, -0.15) is 0 Å². The van der Waals surface area contributed by atoms with Crippen LogP contribution in [0.5, 0.6) is 0 Å². The fourth-order valence-electron chi connectivity index (χ4n) is 2.72.